The van der Waals surface area contributed by atoms with Gasteiger partial charge in [-0.25, -0.2) is 0 Å². The summed E-state index contributed by atoms with van der Waals surface area (Å²) in [7, 11) is 0. The molecule has 1 aliphatic rings. The van der Waals surface area contributed by atoms with E-state index >= 15 is 0 Å². The van der Waals surface area contributed by atoms with E-state index in [1.54, 1.807) is 0 Å². The number of hydrogen-bond donors (Lipinski definition) is 1. The van der Waals surface area contributed by atoms with Crippen molar-refractivity contribution in [1.29, 1.82) is 0 Å². The van der Waals surface area contributed by atoms with Gasteiger partial charge in [0.1, 0.15) is 0 Å². The molecular weight excluding hydrogens is 288 g/mol. The fraction of sp³-hybridized carbons (Fsp3) is 0.600. The van der Waals surface area contributed by atoms with E-state index in [1.807, 2.05) is 0 Å². The van der Waals surface area contributed by atoms with Crippen molar-refractivity contribution in [1.82, 2.24) is 10.2 Å². The average molecular weight is 311 g/mol. The summed E-state index contributed by atoms with van der Waals surface area (Å²) < 4.78 is 1.17. The van der Waals surface area contributed by atoms with Crippen LogP contribution in [0.25, 0.3) is 0 Å². The number of nitrogens with one attached hydrogen (secondary N) is 1. The van der Waals surface area contributed by atoms with Gasteiger partial charge in [-0.3, -0.25) is 4.90 Å². The summed E-state index contributed by atoms with van der Waals surface area (Å²) in [5, 5.41) is 3.55. The first-order chi connectivity index (χ1) is 8.70. The number of benzene rings is 1. The lowest BCUT2D eigenvalue weighted by atomic mass is 9.88. The third-order valence-electron chi connectivity index (χ3n) is 4.26. The van der Waals surface area contributed by atoms with E-state index < -0.39 is 0 Å². The van der Waals surface area contributed by atoms with Gasteiger partial charge in [-0.15, -0.1) is 0 Å². The van der Waals surface area contributed by atoms with Gasteiger partial charge in [0.2, 0.25) is 0 Å². The second kappa shape index (κ2) is 6.18. The molecule has 100 valence electrons. The van der Waals surface area contributed by atoms with Gasteiger partial charge < -0.3 is 5.32 Å². The summed E-state index contributed by atoms with van der Waals surface area (Å²) in [5.41, 5.74) is 1.73. The molecule has 18 heavy (non-hydrogen) atoms. The molecule has 0 spiro atoms. The number of rotatable bonds is 4. The average Bonchev–Trinajstić information content (AvgIpc) is 2.40. The predicted molar refractivity (Wildman–Crippen MR) is 80.7 cm³/mol. The lowest BCUT2D eigenvalue weighted by Crippen LogP contribution is -2.60. The Hall–Kier alpha value is -0.380. The van der Waals surface area contributed by atoms with Crippen LogP contribution in [-0.4, -0.2) is 30.1 Å². The second-order valence-corrected chi connectivity index (χ2v) is 6.08. The monoisotopic (exact) mass is 310 g/mol. The molecular formula is C15H23BrN2. The lowest BCUT2D eigenvalue weighted by Gasteiger charge is -2.47. The van der Waals surface area contributed by atoms with Crippen LogP contribution >= 0.6 is 15.9 Å². The van der Waals surface area contributed by atoms with Gasteiger partial charge in [0.05, 0.1) is 0 Å². The maximum absolute atomic E-state index is 3.56. The smallest absolute Gasteiger partial charge is 0.0332 e. The molecule has 0 aromatic heterocycles. The van der Waals surface area contributed by atoms with Crippen LogP contribution in [0.15, 0.2) is 28.7 Å². The third-order valence-corrected chi connectivity index (χ3v) is 4.76. The van der Waals surface area contributed by atoms with Crippen LogP contribution in [-0.2, 0) is 6.54 Å². The fourth-order valence-electron chi connectivity index (χ4n) is 2.93. The van der Waals surface area contributed by atoms with Crippen LogP contribution in [0, 0.1) is 0 Å². The SMILES string of the molecule is CCC1(CC)CNCCN1Cc1cccc(Br)c1. The highest BCUT2D eigenvalue weighted by Crippen LogP contribution is 2.27. The van der Waals surface area contributed by atoms with Crippen LogP contribution in [0.4, 0.5) is 0 Å². The first-order valence-corrected chi connectivity index (χ1v) is 7.69. The number of nitrogens with zero attached hydrogens (tertiary/aromatic N) is 1. The molecule has 3 heteroatoms. The van der Waals surface area contributed by atoms with Gasteiger partial charge in [0, 0.05) is 36.2 Å². The standard InChI is InChI=1S/C15H23BrN2/c1-3-15(4-2)12-17-8-9-18(15)11-13-6-5-7-14(16)10-13/h5-7,10,17H,3-4,8-9,11-12H2,1-2H3. The zero-order chi connectivity index (χ0) is 13.0. The molecule has 1 N–H and O–H groups in total. The van der Waals surface area contributed by atoms with E-state index in [2.05, 4.69) is 64.3 Å². The van der Waals surface area contributed by atoms with Crippen molar-refractivity contribution in [2.45, 2.75) is 38.8 Å². The summed E-state index contributed by atoms with van der Waals surface area (Å²) in [6.07, 6.45) is 2.43. The molecule has 0 bridgehead atoms. The molecule has 1 aromatic rings. The maximum Gasteiger partial charge on any atom is 0.0332 e. The molecule has 2 nitrogen and oxygen atoms in total. The second-order valence-electron chi connectivity index (χ2n) is 5.16. The molecule has 1 aliphatic heterocycles. The van der Waals surface area contributed by atoms with Crippen LogP contribution in [0.5, 0.6) is 0 Å². The Morgan fingerprint density at radius 2 is 2.11 bits per heavy atom. The van der Waals surface area contributed by atoms with E-state index in [-0.39, 0.29) is 0 Å². The summed E-state index contributed by atoms with van der Waals surface area (Å²) in [5.74, 6) is 0. The molecule has 0 radical (unpaired) electrons. The summed E-state index contributed by atoms with van der Waals surface area (Å²) in [6, 6.07) is 8.68. The summed E-state index contributed by atoms with van der Waals surface area (Å²) in [6.45, 7) is 9.05. The predicted octanol–water partition coefficient (Wildman–Crippen LogP) is 3.41. The quantitative estimate of drug-likeness (QED) is 0.917. The molecule has 0 saturated carbocycles. The van der Waals surface area contributed by atoms with Gasteiger partial charge in [-0.2, -0.15) is 0 Å². The Morgan fingerprint density at radius 1 is 1.33 bits per heavy atom. The van der Waals surface area contributed by atoms with Crippen LogP contribution in [0.3, 0.4) is 0 Å². The Labute approximate surface area is 119 Å². The Kier molecular flexibility index (Phi) is 4.82. The van der Waals surface area contributed by atoms with Crippen molar-refractivity contribution >= 4 is 15.9 Å². The topological polar surface area (TPSA) is 15.3 Å². The van der Waals surface area contributed by atoms with Gasteiger partial charge in [0.25, 0.3) is 0 Å². The van der Waals surface area contributed by atoms with Gasteiger partial charge >= 0.3 is 0 Å². The van der Waals surface area contributed by atoms with Crippen molar-refractivity contribution in [2.24, 2.45) is 0 Å². The van der Waals surface area contributed by atoms with Crippen molar-refractivity contribution in [3.63, 3.8) is 0 Å². The van der Waals surface area contributed by atoms with Gasteiger partial charge in [0.15, 0.2) is 0 Å². The first-order valence-electron chi connectivity index (χ1n) is 6.90. The van der Waals surface area contributed by atoms with Crippen LogP contribution in [0.1, 0.15) is 32.3 Å². The zero-order valence-electron chi connectivity index (χ0n) is 11.4. The Morgan fingerprint density at radius 3 is 2.78 bits per heavy atom. The molecule has 1 heterocycles. The van der Waals surface area contributed by atoms with Gasteiger partial charge in [-0.1, -0.05) is 41.9 Å². The van der Waals surface area contributed by atoms with Crippen molar-refractivity contribution in [3.05, 3.63) is 34.3 Å². The van der Waals surface area contributed by atoms with Crippen LogP contribution < -0.4 is 5.32 Å². The first kappa shape index (κ1) is 14.0. The molecule has 1 fully saturated rings. The molecule has 0 aliphatic carbocycles. The fourth-order valence-corrected chi connectivity index (χ4v) is 3.38. The van der Waals surface area contributed by atoms with Crippen LogP contribution in [0.2, 0.25) is 0 Å². The Bertz CT molecular complexity index is 388. The minimum Gasteiger partial charge on any atom is -0.314 e. The summed E-state index contributed by atoms with van der Waals surface area (Å²) in [4.78, 5) is 2.66. The molecule has 1 aromatic carbocycles. The molecule has 0 atom stereocenters. The highest BCUT2D eigenvalue weighted by molar-refractivity contribution is 9.10. The largest absolute Gasteiger partial charge is 0.314 e. The van der Waals surface area contributed by atoms with Gasteiger partial charge in [-0.05, 0) is 30.5 Å². The number of hydrogen-bond acceptors (Lipinski definition) is 2. The van der Waals surface area contributed by atoms with E-state index in [1.165, 1.54) is 22.9 Å². The van der Waals surface area contributed by atoms with E-state index in [4.69, 9.17) is 0 Å². The van der Waals surface area contributed by atoms with Crippen molar-refractivity contribution < 1.29 is 0 Å². The Balaban J connectivity index is 2.15. The number of halogens is 1. The van der Waals surface area contributed by atoms with Crippen molar-refractivity contribution in [2.75, 3.05) is 19.6 Å². The minimum atomic E-state index is 0.334. The maximum atomic E-state index is 3.56. The summed E-state index contributed by atoms with van der Waals surface area (Å²) >= 11 is 3.56. The van der Waals surface area contributed by atoms with E-state index in [9.17, 15) is 0 Å². The normalized spacial score (nSPS) is 19.9. The third kappa shape index (κ3) is 2.95. The molecule has 2 rings (SSSR count). The number of piperazine rings is 1. The van der Waals surface area contributed by atoms with Crippen molar-refractivity contribution in [3.8, 4) is 0 Å². The highest BCUT2D eigenvalue weighted by atomic mass is 79.9. The lowest BCUT2D eigenvalue weighted by molar-refractivity contribution is 0.0447. The zero-order valence-corrected chi connectivity index (χ0v) is 13.0. The molecule has 0 amide bonds. The highest BCUT2D eigenvalue weighted by Gasteiger charge is 2.35. The molecule has 1 saturated heterocycles. The van der Waals surface area contributed by atoms with E-state index in [0.29, 0.717) is 5.54 Å². The van der Waals surface area contributed by atoms with E-state index in [0.717, 1.165) is 26.2 Å². The molecule has 0 unspecified atom stereocenters. The minimum absolute atomic E-state index is 0.334.